The Bertz CT molecular complexity index is 546. The zero-order valence-corrected chi connectivity index (χ0v) is 12.8. The number of nitrogens with one attached hydrogen (secondary N) is 2. The Morgan fingerprint density at radius 1 is 1.37 bits per heavy atom. The van der Waals surface area contributed by atoms with Crippen molar-refractivity contribution in [1.82, 2.24) is 15.5 Å². The summed E-state index contributed by atoms with van der Waals surface area (Å²) >= 11 is 9.44. The minimum absolute atomic E-state index is 0.331. The molecule has 19 heavy (non-hydrogen) atoms. The summed E-state index contributed by atoms with van der Waals surface area (Å²) in [6.07, 6.45) is 1.06. The van der Waals surface area contributed by atoms with Gasteiger partial charge < -0.3 is 15.1 Å². The molecule has 0 amide bonds. The van der Waals surface area contributed by atoms with Gasteiger partial charge in [-0.3, -0.25) is 0 Å². The number of nitrogens with zero attached hydrogens (tertiary/aromatic N) is 2. The third-order valence-electron chi connectivity index (χ3n) is 2.34. The predicted molar refractivity (Wildman–Crippen MR) is 78.7 cm³/mol. The van der Waals surface area contributed by atoms with E-state index in [1.807, 2.05) is 12.1 Å². The highest BCUT2D eigenvalue weighted by Gasteiger charge is 2.08. The maximum atomic E-state index is 6.09. The third-order valence-corrected chi connectivity index (χ3v) is 3.15. The average Bonchev–Trinajstić information content (AvgIpc) is 2.81. The van der Waals surface area contributed by atoms with Crippen molar-refractivity contribution in [2.24, 2.45) is 0 Å². The van der Waals surface area contributed by atoms with Gasteiger partial charge >= 0.3 is 6.01 Å². The van der Waals surface area contributed by atoms with E-state index in [0.717, 1.165) is 23.1 Å². The number of anilines is 2. The Morgan fingerprint density at radius 3 is 2.95 bits per heavy atom. The fourth-order valence-electron chi connectivity index (χ4n) is 1.45. The summed E-state index contributed by atoms with van der Waals surface area (Å²) in [6.45, 7) is 3.59. The van der Waals surface area contributed by atoms with Crippen LogP contribution in [-0.2, 0) is 6.54 Å². The molecular formula is C12H14BrClN4O. The number of hydrogen-bond donors (Lipinski definition) is 2. The van der Waals surface area contributed by atoms with Crippen molar-refractivity contribution >= 4 is 39.2 Å². The summed E-state index contributed by atoms with van der Waals surface area (Å²) in [4.78, 5) is 0. The van der Waals surface area contributed by atoms with Crippen molar-refractivity contribution in [1.29, 1.82) is 0 Å². The summed E-state index contributed by atoms with van der Waals surface area (Å²) in [5, 5.41) is 14.6. The van der Waals surface area contributed by atoms with Crippen molar-refractivity contribution in [3.8, 4) is 0 Å². The predicted octanol–water partition coefficient (Wildman–Crippen LogP) is 3.73. The van der Waals surface area contributed by atoms with Crippen LogP contribution in [-0.4, -0.2) is 16.7 Å². The molecule has 0 unspecified atom stereocenters. The average molecular weight is 346 g/mol. The van der Waals surface area contributed by atoms with Crippen LogP contribution in [0.3, 0.4) is 0 Å². The fourth-order valence-corrected chi connectivity index (χ4v) is 2.17. The SMILES string of the molecule is CCCNCc1nnc(Nc2ccc(Br)cc2Cl)o1. The van der Waals surface area contributed by atoms with E-state index in [-0.39, 0.29) is 0 Å². The van der Waals surface area contributed by atoms with Crippen LogP contribution in [0.4, 0.5) is 11.7 Å². The zero-order chi connectivity index (χ0) is 13.7. The van der Waals surface area contributed by atoms with Gasteiger partial charge in [0.15, 0.2) is 0 Å². The molecule has 2 aromatic rings. The van der Waals surface area contributed by atoms with Crippen LogP contribution in [0.25, 0.3) is 0 Å². The Labute approximate surface area is 124 Å². The van der Waals surface area contributed by atoms with Crippen LogP contribution in [0.1, 0.15) is 19.2 Å². The van der Waals surface area contributed by atoms with Gasteiger partial charge in [-0.1, -0.05) is 39.6 Å². The molecule has 1 aromatic carbocycles. The lowest BCUT2D eigenvalue weighted by molar-refractivity contribution is 0.479. The normalized spacial score (nSPS) is 10.7. The summed E-state index contributed by atoms with van der Waals surface area (Å²) in [5.41, 5.74) is 0.724. The lowest BCUT2D eigenvalue weighted by atomic mass is 10.3. The molecule has 0 bridgehead atoms. The highest BCUT2D eigenvalue weighted by atomic mass is 79.9. The van der Waals surface area contributed by atoms with Crippen molar-refractivity contribution in [3.63, 3.8) is 0 Å². The van der Waals surface area contributed by atoms with Crippen LogP contribution < -0.4 is 10.6 Å². The first-order chi connectivity index (χ1) is 9.19. The summed E-state index contributed by atoms with van der Waals surface area (Å²) < 4.78 is 6.37. The quantitative estimate of drug-likeness (QED) is 0.781. The lowest BCUT2D eigenvalue weighted by Crippen LogP contribution is -2.13. The second kappa shape index (κ2) is 6.88. The first kappa shape index (κ1) is 14.3. The molecule has 0 radical (unpaired) electrons. The van der Waals surface area contributed by atoms with Crippen molar-refractivity contribution in [2.75, 3.05) is 11.9 Å². The highest BCUT2D eigenvalue weighted by molar-refractivity contribution is 9.10. The second-order valence-electron chi connectivity index (χ2n) is 3.93. The van der Waals surface area contributed by atoms with Gasteiger partial charge in [0.2, 0.25) is 5.89 Å². The molecule has 2 N–H and O–H groups in total. The minimum Gasteiger partial charge on any atom is -0.406 e. The maximum Gasteiger partial charge on any atom is 0.320 e. The number of rotatable bonds is 6. The number of aromatic nitrogens is 2. The largest absolute Gasteiger partial charge is 0.406 e. The van der Waals surface area contributed by atoms with Crippen LogP contribution in [0.2, 0.25) is 5.02 Å². The Morgan fingerprint density at radius 2 is 2.21 bits per heavy atom. The van der Waals surface area contributed by atoms with Gasteiger partial charge in [0.05, 0.1) is 17.3 Å². The highest BCUT2D eigenvalue weighted by Crippen LogP contribution is 2.27. The van der Waals surface area contributed by atoms with E-state index >= 15 is 0 Å². The van der Waals surface area contributed by atoms with Gasteiger partial charge in [-0.25, -0.2) is 0 Å². The Hall–Kier alpha value is -1.11. The number of hydrogen-bond acceptors (Lipinski definition) is 5. The van der Waals surface area contributed by atoms with Gasteiger partial charge in [-0.05, 0) is 31.2 Å². The standard InChI is InChI=1S/C12H14BrClN4O/c1-2-5-15-7-11-17-18-12(19-11)16-10-4-3-8(13)6-9(10)14/h3-4,6,15H,2,5,7H2,1H3,(H,16,18). The zero-order valence-electron chi connectivity index (χ0n) is 10.4. The lowest BCUT2D eigenvalue weighted by Gasteiger charge is -2.04. The molecule has 5 nitrogen and oxygen atoms in total. The molecule has 7 heteroatoms. The minimum atomic E-state index is 0.331. The van der Waals surface area contributed by atoms with E-state index in [1.54, 1.807) is 6.07 Å². The van der Waals surface area contributed by atoms with Gasteiger partial charge in [-0.2, -0.15) is 0 Å². The molecule has 0 fully saturated rings. The van der Waals surface area contributed by atoms with E-state index in [0.29, 0.717) is 23.5 Å². The molecule has 0 spiro atoms. The van der Waals surface area contributed by atoms with E-state index < -0.39 is 0 Å². The van der Waals surface area contributed by atoms with Gasteiger partial charge in [0.25, 0.3) is 0 Å². The first-order valence-electron chi connectivity index (χ1n) is 5.94. The van der Waals surface area contributed by atoms with Crippen LogP contribution >= 0.6 is 27.5 Å². The van der Waals surface area contributed by atoms with E-state index in [4.69, 9.17) is 16.0 Å². The molecule has 1 heterocycles. The molecule has 0 aliphatic rings. The molecule has 0 atom stereocenters. The molecule has 0 saturated carbocycles. The van der Waals surface area contributed by atoms with Crippen LogP contribution in [0.15, 0.2) is 27.1 Å². The molecule has 0 aliphatic heterocycles. The molecule has 0 saturated heterocycles. The molecule has 2 rings (SSSR count). The monoisotopic (exact) mass is 344 g/mol. The summed E-state index contributed by atoms with van der Waals surface area (Å²) in [5.74, 6) is 0.546. The molecule has 0 aliphatic carbocycles. The van der Waals surface area contributed by atoms with Gasteiger partial charge in [0.1, 0.15) is 0 Å². The topological polar surface area (TPSA) is 63.0 Å². The smallest absolute Gasteiger partial charge is 0.320 e. The summed E-state index contributed by atoms with van der Waals surface area (Å²) in [7, 11) is 0. The Kier molecular flexibility index (Phi) is 5.18. The third kappa shape index (κ3) is 4.19. The molecule has 1 aromatic heterocycles. The van der Waals surface area contributed by atoms with Gasteiger partial charge in [-0.15, -0.1) is 5.10 Å². The molecular weight excluding hydrogens is 332 g/mol. The number of benzene rings is 1. The maximum absolute atomic E-state index is 6.09. The molecule has 102 valence electrons. The van der Waals surface area contributed by atoms with Crippen molar-refractivity contribution in [2.45, 2.75) is 19.9 Å². The first-order valence-corrected chi connectivity index (χ1v) is 7.11. The van der Waals surface area contributed by atoms with Gasteiger partial charge in [0, 0.05) is 4.47 Å². The van der Waals surface area contributed by atoms with E-state index in [1.165, 1.54) is 0 Å². The van der Waals surface area contributed by atoms with Crippen LogP contribution in [0.5, 0.6) is 0 Å². The van der Waals surface area contributed by atoms with Crippen LogP contribution in [0, 0.1) is 0 Å². The number of halogens is 2. The summed E-state index contributed by atoms with van der Waals surface area (Å²) in [6, 6.07) is 5.85. The van der Waals surface area contributed by atoms with Crippen molar-refractivity contribution in [3.05, 3.63) is 33.6 Å². The fraction of sp³-hybridized carbons (Fsp3) is 0.333. The van der Waals surface area contributed by atoms with E-state index in [9.17, 15) is 0 Å². The van der Waals surface area contributed by atoms with Crippen molar-refractivity contribution < 1.29 is 4.42 Å². The second-order valence-corrected chi connectivity index (χ2v) is 5.25. The van der Waals surface area contributed by atoms with E-state index in [2.05, 4.69) is 43.7 Å². The Balaban J connectivity index is 1.99.